The molecule has 0 saturated carbocycles. The van der Waals surface area contributed by atoms with E-state index in [4.69, 9.17) is 0 Å². The zero-order valence-electron chi connectivity index (χ0n) is 15.8. The molecular formula is C28H22. The zero-order valence-corrected chi connectivity index (χ0v) is 15.8. The summed E-state index contributed by atoms with van der Waals surface area (Å²) in [4.78, 5) is 0. The van der Waals surface area contributed by atoms with E-state index in [0.29, 0.717) is 0 Å². The molecule has 0 aliphatic heterocycles. The van der Waals surface area contributed by atoms with Crippen molar-refractivity contribution in [2.24, 2.45) is 0 Å². The summed E-state index contributed by atoms with van der Waals surface area (Å²) in [5.74, 6) is 0. The summed E-state index contributed by atoms with van der Waals surface area (Å²) in [6, 6.07) is 41.6. The first-order valence-corrected chi connectivity index (χ1v) is 9.86. The minimum absolute atomic E-state index is 0.337. The molecule has 0 spiro atoms. The smallest absolute Gasteiger partial charge is 0.0704 e. The second-order valence-electron chi connectivity index (χ2n) is 7.33. The highest BCUT2D eigenvalue weighted by Crippen LogP contribution is 2.51. The van der Waals surface area contributed by atoms with Gasteiger partial charge < -0.3 is 0 Å². The fourth-order valence-corrected chi connectivity index (χ4v) is 4.67. The van der Waals surface area contributed by atoms with Crippen molar-refractivity contribution in [2.75, 3.05) is 0 Å². The van der Waals surface area contributed by atoms with Crippen LogP contribution in [0.15, 0.2) is 121 Å². The van der Waals surface area contributed by atoms with Crippen molar-refractivity contribution in [3.8, 4) is 0 Å². The normalized spacial score (nSPS) is 13.1. The lowest BCUT2D eigenvalue weighted by Crippen LogP contribution is -2.30. The predicted molar refractivity (Wildman–Crippen MR) is 117 cm³/mol. The molecule has 4 aromatic carbocycles. The van der Waals surface area contributed by atoms with Gasteiger partial charge >= 0.3 is 0 Å². The summed E-state index contributed by atoms with van der Waals surface area (Å²) in [7, 11) is 0. The van der Waals surface area contributed by atoms with Gasteiger partial charge in [0.1, 0.15) is 0 Å². The quantitative estimate of drug-likeness (QED) is 0.358. The van der Waals surface area contributed by atoms with Gasteiger partial charge in [0.05, 0.1) is 5.41 Å². The van der Waals surface area contributed by atoms with Crippen LogP contribution in [0.3, 0.4) is 0 Å². The van der Waals surface area contributed by atoms with Crippen LogP contribution >= 0.6 is 0 Å². The number of hydrogen-bond donors (Lipinski definition) is 0. The Morgan fingerprint density at radius 2 is 0.893 bits per heavy atom. The van der Waals surface area contributed by atoms with E-state index in [-0.39, 0.29) is 5.41 Å². The molecule has 0 N–H and O–H groups in total. The van der Waals surface area contributed by atoms with Gasteiger partial charge in [-0.3, -0.25) is 0 Å². The Balaban J connectivity index is 1.90. The van der Waals surface area contributed by atoms with Gasteiger partial charge in [-0.25, -0.2) is 0 Å². The van der Waals surface area contributed by atoms with Crippen LogP contribution in [0.25, 0.3) is 5.57 Å². The summed E-state index contributed by atoms with van der Waals surface area (Å²) in [5.41, 5.74) is 7.72. The van der Waals surface area contributed by atoms with Gasteiger partial charge in [-0.2, -0.15) is 0 Å². The van der Waals surface area contributed by atoms with E-state index in [1.807, 2.05) is 0 Å². The molecule has 0 bridgehead atoms. The maximum Gasteiger partial charge on any atom is 0.0704 e. The third-order valence-electron chi connectivity index (χ3n) is 5.86. The van der Waals surface area contributed by atoms with Gasteiger partial charge in [0.15, 0.2) is 0 Å². The molecule has 0 amide bonds. The standard InChI is InChI=1S/C28H22/c1-4-13-23(14-5-1)28(24-15-6-2-7-16-24,25-17-8-3-9-18-25)27-21-20-22-12-10-11-19-26(22)27/h1-19,21H,20H2. The van der Waals surface area contributed by atoms with Crippen LogP contribution in [-0.2, 0) is 11.8 Å². The summed E-state index contributed by atoms with van der Waals surface area (Å²) < 4.78 is 0. The fraction of sp³-hybridized carbons (Fsp3) is 0.0714. The van der Waals surface area contributed by atoms with Crippen molar-refractivity contribution >= 4 is 5.57 Å². The summed E-state index contributed by atoms with van der Waals surface area (Å²) in [5, 5.41) is 0. The van der Waals surface area contributed by atoms with E-state index in [1.54, 1.807) is 0 Å². The molecule has 134 valence electrons. The first-order valence-electron chi connectivity index (χ1n) is 9.86. The monoisotopic (exact) mass is 358 g/mol. The van der Waals surface area contributed by atoms with Crippen LogP contribution < -0.4 is 0 Å². The van der Waals surface area contributed by atoms with Gasteiger partial charge in [0.25, 0.3) is 0 Å². The van der Waals surface area contributed by atoms with Crippen LogP contribution in [0.4, 0.5) is 0 Å². The Hall–Kier alpha value is -3.38. The van der Waals surface area contributed by atoms with Gasteiger partial charge in [0, 0.05) is 0 Å². The lowest BCUT2D eigenvalue weighted by molar-refractivity contribution is 0.802. The average molecular weight is 358 g/mol. The molecule has 1 aliphatic rings. The van der Waals surface area contributed by atoms with E-state index in [1.165, 1.54) is 33.4 Å². The molecule has 28 heavy (non-hydrogen) atoms. The van der Waals surface area contributed by atoms with Crippen LogP contribution in [-0.4, -0.2) is 0 Å². The maximum atomic E-state index is 2.43. The SMILES string of the molecule is C1=C(C(c2ccccc2)(c2ccccc2)c2ccccc2)c2ccccc2C1. The highest BCUT2D eigenvalue weighted by molar-refractivity contribution is 5.87. The van der Waals surface area contributed by atoms with Crippen molar-refractivity contribution in [1.82, 2.24) is 0 Å². The Labute approximate surface area is 166 Å². The van der Waals surface area contributed by atoms with Crippen molar-refractivity contribution in [3.63, 3.8) is 0 Å². The summed E-state index contributed by atoms with van der Waals surface area (Å²) in [6.07, 6.45) is 3.41. The van der Waals surface area contributed by atoms with Crippen molar-refractivity contribution in [3.05, 3.63) is 149 Å². The molecule has 0 unspecified atom stereocenters. The zero-order chi connectivity index (χ0) is 18.8. The second kappa shape index (κ2) is 6.98. The van der Waals surface area contributed by atoms with E-state index in [9.17, 15) is 0 Å². The Morgan fingerprint density at radius 3 is 1.39 bits per heavy atom. The minimum atomic E-state index is -0.337. The van der Waals surface area contributed by atoms with Crippen molar-refractivity contribution in [1.29, 1.82) is 0 Å². The average Bonchev–Trinajstić information content (AvgIpc) is 3.21. The molecule has 0 nitrogen and oxygen atoms in total. The largest absolute Gasteiger partial charge is 0.0747 e. The number of allylic oxidation sites excluding steroid dienone is 2. The Kier molecular flexibility index (Phi) is 4.18. The molecule has 0 fully saturated rings. The van der Waals surface area contributed by atoms with Crippen molar-refractivity contribution < 1.29 is 0 Å². The molecule has 0 aromatic heterocycles. The predicted octanol–water partition coefficient (Wildman–Crippen LogP) is 6.66. The third kappa shape index (κ3) is 2.53. The molecule has 0 heteroatoms. The first kappa shape index (κ1) is 16.8. The fourth-order valence-electron chi connectivity index (χ4n) is 4.67. The molecule has 4 aromatic rings. The van der Waals surface area contributed by atoms with Gasteiger partial charge in [-0.05, 0) is 39.8 Å². The number of fused-ring (bicyclic) bond motifs is 1. The molecule has 0 radical (unpaired) electrons. The van der Waals surface area contributed by atoms with Gasteiger partial charge in [-0.15, -0.1) is 0 Å². The summed E-state index contributed by atoms with van der Waals surface area (Å²) >= 11 is 0. The topological polar surface area (TPSA) is 0 Å². The molecular weight excluding hydrogens is 336 g/mol. The highest BCUT2D eigenvalue weighted by atomic mass is 14.4. The lowest BCUT2D eigenvalue weighted by Gasteiger charge is -2.38. The number of benzene rings is 4. The Bertz CT molecular complexity index is 1010. The van der Waals surface area contributed by atoms with Crippen LogP contribution in [0.2, 0.25) is 0 Å². The van der Waals surface area contributed by atoms with E-state index >= 15 is 0 Å². The number of hydrogen-bond acceptors (Lipinski definition) is 0. The van der Waals surface area contributed by atoms with Crippen LogP contribution in [0, 0.1) is 0 Å². The first-order chi connectivity index (χ1) is 13.9. The molecule has 5 rings (SSSR count). The molecule has 0 saturated heterocycles. The van der Waals surface area contributed by atoms with E-state index in [2.05, 4.69) is 121 Å². The second-order valence-corrected chi connectivity index (χ2v) is 7.33. The van der Waals surface area contributed by atoms with Crippen LogP contribution in [0.5, 0.6) is 0 Å². The maximum absolute atomic E-state index is 2.43. The molecule has 0 heterocycles. The van der Waals surface area contributed by atoms with E-state index in [0.717, 1.165) is 6.42 Å². The third-order valence-corrected chi connectivity index (χ3v) is 5.86. The molecule has 0 atom stereocenters. The van der Waals surface area contributed by atoms with Gasteiger partial charge in [0.2, 0.25) is 0 Å². The van der Waals surface area contributed by atoms with Crippen LogP contribution in [0.1, 0.15) is 27.8 Å². The minimum Gasteiger partial charge on any atom is -0.0747 e. The Morgan fingerprint density at radius 1 is 0.464 bits per heavy atom. The summed E-state index contributed by atoms with van der Waals surface area (Å²) in [6.45, 7) is 0. The van der Waals surface area contributed by atoms with E-state index < -0.39 is 0 Å². The number of rotatable bonds is 4. The molecule has 1 aliphatic carbocycles. The van der Waals surface area contributed by atoms with Crippen molar-refractivity contribution in [2.45, 2.75) is 11.8 Å². The highest BCUT2D eigenvalue weighted by Gasteiger charge is 2.42. The van der Waals surface area contributed by atoms with Gasteiger partial charge in [-0.1, -0.05) is 121 Å². The lowest BCUT2D eigenvalue weighted by atomic mass is 9.63.